The highest BCUT2D eigenvalue weighted by atomic mass is 32.2. The zero-order valence-electron chi connectivity index (χ0n) is 13.8. The minimum atomic E-state index is -3.35. The number of rotatable bonds is 1. The van der Waals surface area contributed by atoms with E-state index in [2.05, 4.69) is 0 Å². The fraction of sp³-hybridized carbons (Fsp3) is 0.929. The van der Waals surface area contributed by atoms with E-state index in [-0.39, 0.29) is 5.75 Å². The quantitative estimate of drug-likeness (QED) is 0.764. The molecule has 2 aliphatic rings. The first-order valence-electron chi connectivity index (χ1n) is 7.76. The van der Waals surface area contributed by atoms with E-state index >= 15 is 0 Å². The summed E-state index contributed by atoms with van der Waals surface area (Å²) in [5.41, 5.74) is 4.91. The molecule has 2 fully saturated rings. The fourth-order valence-corrected chi connectivity index (χ4v) is 5.67. The van der Waals surface area contributed by atoms with Crippen LogP contribution in [0.2, 0.25) is 0 Å². The highest BCUT2D eigenvalue weighted by molar-refractivity contribution is 7.89. The van der Waals surface area contributed by atoms with Gasteiger partial charge in [-0.2, -0.15) is 4.31 Å². The van der Waals surface area contributed by atoms with Gasteiger partial charge in [-0.15, -0.1) is 0 Å². The van der Waals surface area contributed by atoms with Crippen LogP contribution >= 0.6 is 0 Å². The molecule has 7 nitrogen and oxygen atoms in total. The Morgan fingerprint density at radius 1 is 1.41 bits per heavy atom. The van der Waals surface area contributed by atoms with E-state index in [4.69, 9.17) is 10.5 Å². The molecule has 0 radical (unpaired) electrons. The van der Waals surface area contributed by atoms with Gasteiger partial charge in [-0.1, -0.05) is 6.92 Å². The van der Waals surface area contributed by atoms with Crippen LogP contribution in [0.4, 0.5) is 4.79 Å². The number of hydrogen-bond acceptors (Lipinski definition) is 5. The van der Waals surface area contributed by atoms with E-state index in [1.54, 1.807) is 4.90 Å². The summed E-state index contributed by atoms with van der Waals surface area (Å²) in [6.45, 7) is 8.50. The summed E-state index contributed by atoms with van der Waals surface area (Å²) in [5.74, 6) is -0.0526. The molecule has 1 amide bonds. The maximum atomic E-state index is 12.3. The zero-order valence-corrected chi connectivity index (χ0v) is 14.6. The molecule has 2 rings (SSSR count). The molecule has 2 heterocycles. The van der Waals surface area contributed by atoms with Crippen LogP contribution in [-0.4, -0.2) is 66.3 Å². The maximum Gasteiger partial charge on any atom is 0.410 e. The van der Waals surface area contributed by atoms with Gasteiger partial charge in [0.25, 0.3) is 0 Å². The third kappa shape index (κ3) is 3.09. The third-order valence-corrected chi connectivity index (χ3v) is 6.43. The SMILES string of the molecule is CCN1C2(CCCN(C(=O)OC(C)(C)C)C2)C(N)CS1(=O)=O. The summed E-state index contributed by atoms with van der Waals surface area (Å²) >= 11 is 0. The van der Waals surface area contributed by atoms with Crippen molar-refractivity contribution >= 4 is 16.1 Å². The standard InChI is InChI=1S/C14H27N3O4S/c1-5-17-14(11(15)9-22(17,19)20)7-6-8-16(10-14)12(18)21-13(2,3)4/h11H,5-10,15H2,1-4H3. The van der Waals surface area contributed by atoms with Crippen LogP contribution in [0.25, 0.3) is 0 Å². The van der Waals surface area contributed by atoms with Gasteiger partial charge in [-0.3, -0.25) is 0 Å². The van der Waals surface area contributed by atoms with E-state index in [1.807, 2.05) is 27.7 Å². The van der Waals surface area contributed by atoms with Gasteiger partial charge < -0.3 is 15.4 Å². The molecule has 0 aromatic heterocycles. The molecule has 8 heteroatoms. The molecule has 2 saturated heterocycles. The first-order chi connectivity index (χ1) is 10.0. The zero-order chi connectivity index (χ0) is 16.8. The number of nitrogens with two attached hydrogens (primary N) is 1. The second kappa shape index (κ2) is 5.65. The number of amides is 1. The van der Waals surface area contributed by atoms with Crippen LogP contribution in [0.1, 0.15) is 40.5 Å². The van der Waals surface area contributed by atoms with Crippen LogP contribution in [0.15, 0.2) is 0 Å². The van der Waals surface area contributed by atoms with Gasteiger partial charge in [0.05, 0.1) is 11.3 Å². The van der Waals surface area contributed by atoms with Gasteiger partial charge in [0.1, 0.15) is 5.60 Å². The molecular weight excluding hydrogens is 306 g/mol. The van der Waals surface area contributed by atoms with Crippen LogP contribution in [0, 0.1) is 0 Å². The van der Waals surface area contributed by atoms with Crippen molar-refractivity contribution in [3.05, 3.63) is 0 Å². The fourth-order valence-electron chi connectivity index (χ4n) is 3.50. The van der Waals surface area contributed by atoms with E-state index in [1.165, 1.54) is 4.31 Å². The van der Waals surface area contributed by atoms with Gasteiger partial charge in [0, 0.05) is 25.7 Å². The number of ether oxygens (including phenoxy) is 1. The van der Waals surface area contributed by atoms with Crippen molar-refractivity contribution in [2.24, 2.45) is 5.73 Å². The number of sulfonamides is 1. The molecule has 2 aliphatic heterocycles. The van der Waals surface area contributed by atoms with E-state index in [0.29, 0.717) is 26.1 Å². The van der Waals surface area contributed by atoms with Crippen molar-refractivity contribution in [1.82, 2.24) is 9.21 Å². The van der Waals surface area contributed by atoms with Gasteiger partial charge in [-0.05, 0) is 33.6 Å². The van der Waals surface area contributed by atoms with Gasteiger partial charge in [0.15, 0.2) is 0 Å². The number of piperidine rings is 1. The van der Waals surface area contributed by atoms with Crippen molar-refractivity contribution in [3.63, 3.8) is 0 Å². The number of carbonyl (C=O) groups excluding carboxylic acids is 1. The minimum absolute atomic E-state index is 0.0526. The van der Waals surface area contributed by atoms with Crippen molar-refractivity contribution in [2.45, 2.75) is 57.7 Å². The monoisotopic (exact) mass is 333 g/mol. The van der Waals surface area contributed by atoms with Crippen LogP contribution in [0.5, 0.6) is 0 Å². The van der Waals surface area contributed by atoms with Crippen LogP contribution < -0.4 is 5.73 Å². The molecule has 0 aliphatic carbocycles. The normalized spacial score (nSPS) is 32.4. The van der Waals surface area contributed by atoms with Gasteiger partial charge in [-0.25, -0.2) is 13.2 Å². The largest absolute Gasteiger partial charge is 0.444 e. The minimum Gasteiger partial charge on any atom is -0.444 e. The molecule has 1 spiro atoms. The number of carbonyl (C=O) groups is 1. The topological polar surface area (TPSA) is 92.9 Å². The second-order valence-electron chi connectivity index (χ2n) is 7.16. The summed E-state index contributed by atoms with van der Waals surface area (Å²) in [6.07, 6.45) is 0.999. The number of nitrogens with zero attached hydrogens (tertiary/aromatic N) is 2. The van der Waals surface area contributed by atoms with Crippen molar-refractivity contribution in [2.75, 3.05) is 25.4 Å². The third-order valence-electron chi connectivity index (χ3n) is 4.35. The number of likely N-dealkylation sites (tertiary alicyclic amines) is 1. The van der Waals surface area contributed by atoms with E-state index in [9.17, 15) is 13.2 Å². The molecule has 2 unspecified atom stereocenters. The summed E-state index contributed by atoms with van der Waals surface area (Å²) in [6, 6.07) is -0.484. The Bertz CT molecular complexity index is 543. The molecule has 128 valence electrons. The lowest BCUT2D eigenvalue weighted by atomic mass is 9.83. The summed E-state index contributed by atoms with van der Waals surface area (Å²) in [5, 5.41) is 0. The summed E-state index contributed by atoms with van der Waals surface area (Å²) < 4.78 is 31.5. The second-order valence-corrected chi connectivity index (χ2v) is 9.10. The Labute approximate surface area is 132 Å². The molecule has 0 aromatic rings. The maximum absolute atomic E-state index is 12.3. The predicted molar refractivity (Wildman–Crippen MR) is 83.9 cm³/mol. The smallest absolute Gasteiger partial charge is 0.410 e. The van der Waals surface area contributed by atoms with E-state index < -0.39 is 33.3 Å². The molecule has 2 N–H and O–H groups in total. The first kappa shape index (κ1) is 17.5. The molecule has 0 bridgehead atoms. The highest BCUT2D eigenvalue weighted by Crippen LogP contribution is 2.38. The van der Waals surface area contributed by atoms with Gasteiger partial charge >= 0.3 is 6.09 Å². The first-order valence-corrected chi connectivity index (χ1v) is 9.37. The predicted octanol–water partition coefficient (Wildman–Crippen LogP) is 0.749. The van der Waals surface area contributed by atoms with Gasteiger partial charge in [0.2, 0.25) is 10.0 Å². The molecule has 0 saturated carbocycles. The molecule has 22 heavy (non-hydrogen) atoms. The Balaban J connectivity index is 2.24. The average Bonchev–Trinajstić information content (AvgIpc) is 2.53. The van der Waals surface area contributed by atoms with Crippen molar-refractivity contribution < 1.29 is 17.9 Å². The Hall–Kier alpha value is -0.860. The lowest BCUT2D eigenvalue weighted by Gasteiger charge is -2.46. The molecule has 0 aromatic carbocycles. The molecule has 2 atom stereocenters. The summed E-state index contributed by atoms with van der Waals surface area (Å²) in [4.78, 5) is 13.9. The Morgan fingerprint density at radius 2 is 2.05 bits per heavy atom. The average molecular weight is 333 g/mol. The Morgan fingerprint density at radius 3 is 2.59 bits per heavy atom. The van der Waals surface area contributed by atoms with Crippen molar-refractivity contribution in [1.29, 1.82) is 0 Å². The van der Waals surface area contributed by atoms with Crippen molar-refractivity contribution in [3.8, 4) is 0 Å². The lowest BCUT2D eigenvalue weighted by Crippen LogP contribution is -2.64. The van der Waals surface area contributed by atoms with E-state index in [0.717, 1.165) is 6.42 Å². The van der Waals surface area contributed by atoms with Crippen LogP contribution in [0.3, 0.4) is 0 Å². The summed E-state index contributed by atoms with van der Waals surface area (Å²) in [7, 11) is -3.35. The Kier molecular flexibility index (Phi) is 4.49. The number of hydrogen-bond donors (Lipinski definition) is 1. The highest BCUT2D eigenvalue weighted by Gasteiger charge is 2.56. The molecular formula is C14H27N3O4S. The number of likely N-dealkylation sites (N-methyl/N-ethyl adjacent to an activating group) is 1. The lowest BCUT2D eigenvalue weighted by molar-refractivity contribution is 0.000670. The van der Waals surface area contributed by atoms with Crippen LogP contribution in [-0.2, 0) is 14.8 Å².